The molecule has 2 amide bonds. The summed E-state index contributed by atoms with van der Waals surface area (Å²) in [6.45, 7) is 0. The first-order valence-electron chi connectivity index (χ1n) is 10.9. The quantitative estimate of drug-likeness (QED) is 0.460. The molecule has 2 aliphatic rings. The molecule has 5 heteroatoms. The van der Waals surface area contributed by atoms with Crippen molar-refractivity contribution in [3.8, 4) is 0 Å². The summed E-state index contributed by atoms with van der Waals surface area (Å²) in [5, 5.41) is 10.1. The lowest BCUT2D eigenvalue weighted by atomic mass is 9.77. The van der Waals surface area contributed by atoms with E-state index in [9.17, 15) is 4.79 Å². The Hall–Kier alpha value is -3.37. The van der Waals surface area contributed by atoms with Gasteiger partial charge in [0.05, 0.1) is 11.8 Å². The largest absolute Gasteiger partial charge is 0.342 e. The summed E-state index contributed by atoms with van der Waals surface area (Å²) in [6.07, 6.45) is 5.27. The van der Waals surface area contributed by atoms with Crippen molar-refractivity contribution in [2.24, 2.45) is 11.0 Å². The van der Waals surface area contributed by atoms with Crippen LogP contribution in [0.1, 0.15) is 36.4 Å². The van der Waals surface area contributed by atoms with Gasteiger partial charge in [0.2, 0.25) is 0 Å². The second-order valence-electron chi connectivity index (χ2n) is 8.20. The number of halogens is 1. The van der Waals surface area contributed by atoms with E-state index in [4.69, 9.17) is 16.7 Å². The standard InChI is InChI=1S/C27H24ClN3O/c28-22-14-8-15-23(18-22)29-27(32)31-26(20-11-5-2-6-12-20)24-16-7-13-21(25(24)30-31)17-19-9-3-1-4-10-19/h1-6,8-12,14-15,17-18,24,26H,7,13,16H2,(H,29,32)/b21-17+. The van der Waals surface area contributed by atoms with Gasteiger partial charge in [0.1, 0.15) is 0 Å². The van der Waals surface area contributed by atoms with Gasteiger partial charge in [-0.15, -0.1) is 0 Å². The van der Waals surface area contributed by atoms with E-state index in [-0.39, 0.29) is 18.0 Å². The Morgan fingerprint density at radius 1 is 1.00 bits per heavy atom. The highest BCUT2D eigenvalue weighted by molar-refractivity contribution is 6.30. The Bertz CT molecular complexity index is 1170. The van der Waals surface area contributed by atoms with E-state index in [1.165, 1.54) is 5.57 Å². The van der Waals surface area contributed by atoms with Crippen LogP contribution in [0.2, 0.25) is 5.02 Å². The van der Waals surface area contributed by atoms with Gasteiger partial charge in [0.25, 0.3) is 0 Å². The molecule has 160 valence electrons. The number of amides is 2. The van der Waals surface area contributed by atoms with Crippen LogP contribution in [0, 0.1) is 5.92 Å². The lowest BCUT2D eigenvalue weighted by molar-refractivity contribution is 0.188. The summed E-state index contributed by atoms with van der Waals surface area (Å²) in [6, 6.07) is 27.3. The fraction of sp³-hybridized carbons (Fsp3) is 0.185. The smallest absolute Gasteiger partial charge is 0.306 e. The Morgan fingerprint density at radius 3 is 2.50 bits per heavy atom. The molecule has 3 aromatic carbocycles. The third-order valence-electron chi connectivity index (χ3n) is 6.07. The molecule has 1 N–H and O–H groups in total. The van der Waals surface area contributed by atoms with Crippen molar-refractivity contribution < 1.29 is 4.79 Å². The van der Waals surface area contributed by atoms with E-state index in [0.29, 0.717) is 10.7 Å². The lowest BCUT2D eigenvalue weighted by Crippen LogP contribution is -2.34. The Labute approximate surface area is 193 Å². The van der Waals surface area contributed by atoms with Crippen molar-refractivity contribution in [3.63, 3.8) is 0 Å². The maximum absolute atomic E-state index is 13.4. The minimum absolute atomic E-state index is 0.134. The number of hydrogen-bond acceptors (Lipinski definition) is 2. The number of benzene rings is 3. The third kappa shape index (κ3) is 4.19. The summed E-state index contributed by atoms with van der Waals surface area (Å²) in [5.41, 5.74) is 5.15. The van der Waals surface area contributed by atoms with Crippen molar-refractivity contribution >= 4 is 35.1 Å². The molecule has 4 nitrogen and oxygen atoms in total. The monoisotopic (exact) mass is 441 g/mol. The van der Waals surface area contributed by atoms with E-state index >= 15 is 0 Å². The zero-order valence-electron chi connectivity index (χ0n) is 17.6. The average molecular weight is 442 g/mol. The Kier molecular flexibility index (Phi) is 5.78. The summed E-state index contributed by atoms with van der Waals surface area (Å²) < 4.78 is 0. The summed E-state index contributed by atoms with van der Waals surface area (Å²) in [7, 11) is 0. The number of hydrazone groups is 1. The topological polar surface area (TPSA) is 44.7 Å². The summed E-state index contributed by atoms with van der Waals surface area (Å²) >= 11 is 6.11. The molecular formula is C27H24ClN3O. The molecule has 0 radical (unpaired) electrons. The number of nitrogens with zero attached hydrogens (tertiary/aromatic N) is 2. The number of anilines is 1. The maximum atomic E-state index is 13.4. The molecular weight excluding hydrogens is 418 g/mol. The Balaban J connectivity index is 1.52. The first-order chi connectivity index (χ1) is 15.7. The number of rotatable bonds is 3. The van der Waals surface area contributed by atoms with E-state index in [0.717, 1.165) is 36.1 Å². The molecule has 0 saturated heterocycles. The SMILES string of the molecule is O=C(Nc1cccc(Cl)c1)N1N=C2/C(=C/c3ccccc3)CCCC2C1c1ccccc1. The van der Waals surface area contributed by atoms with Gasteiger partial charge in [-0.3, -0.25) is 0 Å². The molecule has 5 rings (SSSR count). The van der Waals surface area contributed by atoms with Gasteiger partial charge in [-0.2, -0.15) is 5.10 Å². The third-order valence-corrected chi connectivity index (χ3v) is 6.30. The van der Waals surface area contributed by atoms with E-state index in [1.807, 2.05) is 48.5 Å². The predicted molar refractivity (Wildman–Crippen MR) is 131 cm³/mol. The van der Waals surface area contributed by atoms with E-state index in [1.54, 1.807) is 17.1 Å². The van der Waals surface area contributed by atoms with E-state index < -0.39 is 0 Å². The van der Waals surface area contributed by atoms with Gasteiger partial charge in [0.15, 0.2) is 0 Å². The molecule has 2 unspecified atom stereocenters. The number of hydrogen-bond donors (Lipinski definition) is 1. The lowest BCUT2D eigenvalue weighted by Gasteiger charge is -2.29. The van der Waals surface area contributed by atoms with Gasteiger partial charge < -0.3 is 5.32 Å². The average Bonchev–Trinajstić information content (AvgIpc) is 3.21. The normalized spacial score (nSPS) is 21.2. The minimum atomic E-state index is -0.248. The molecule has 0 spiro atoms. The number of carbonyl (C=O) groups is 1. The van der Waals surface area contributed by atoms with Crippen molar-refractivity contribution in [3.05, 3.63) is 107 Å². The second-order valence-corrected chi connectivity index (χ2v) is 8.64. The van der Waals surface area contributed by atoms with Crippen LogP contribution in [0.15, 0.2) is 95.6 Å². The zero-order chi connectivity index (χ0) is 21.9. The van der Waals surface area contributed by atoms with Crippen LogP contribution in [-0.2, 0) is 0 Å². The molecule has 1 heterocycles. The number of carbonyl (C=O) groups excluding carboxylic acids is 1. The predicted octanol–water partition coefficient (Wildman–Crippen LogP) is 7.17. The fourth-order valence-electron chi connectivity index (χ4n) is 4.65. The number of fused-ring (bicyclic) bond motifs is 1. The molecule has 1 fully saturated rings. The molecule has 32 heavy (non-hydrogen) atoms. The molecule has 1 saturated carbocycles. The molecule has 1 aliphatic carbocycles. The van der Waals surface area contributed by atoms with Crippen LogP contribution in [-0.4, -0.2) is 16.8 Å². The maximum Gasteiger partial charge on any atom is 0.342 e. The van der Waals surface area contributed by atoms with E-state index in [2.05, 4.69) is 35.7 Å². The zero-order valence-corrected chi connectivity index (χ0v) is 18.4. The second kappa shape index (κ2) is 9.01. The summed E-state index contributed by atoms with van der Waals surface area (Å²) in [5.74, 6) is 0.172. The van der Waals surface area contributed by atoms with Crippen LogP contribution in [0.3, 0.4) is 0 Å². The van der Waals surface area contributed by atoms with Crippen LogP contribution in [0.4, 0.5) is 10.5 Å². The van der Waals surface area contributed by atoms with Crippen molar-refractivity contribution in [2.75, 3.05) is 5.32 Å². The summed E-state index contributed by atoms with van der Waals surface area (Å²) in [4.78, 5) is 13.4. The molecule has 0 aromatic heterocycles. The van der Waals surface area contributed by atoms with Gasteiger partial charge in [-0.25, -0.2) is 9.80 Å². The number of urea groups is 1. The van der Waals surface area contributed by atoms with Gasteiger partial charge in [-0.1, -0.05) is 78.3 Å². The van der Waals surface area contributed by atoms with Crippen LogP contribution in [0.5, 0.6) is 0 Å². The van der Waals surface area contributed by atoms with Crippen molar-refractivity contribution in [1.82, 2.24) is 5.01 Å². The molecule has 3 aromatic rings. The molecule has 2 atom stereocenters. The van der Waals surface area contributed by atoms with Crippen LogP contribution >= 0.6 is 11.6 Å². The number of nitrogens with one attached hydrogen (secondary N) is 1. The van der Waals surface area contributed by atoms with Crippen molar-refractivity contribution in [1.29, 1.82) is 0 Å². The highest BCUT2D eigenvalue weighted by Gasteiger charge is 2.43. The number of allylic oxidation sites excluding steroid dienone is 1. The minimum Gasteiger partial charge on any atom is -0.306 e. The first-order valence-corrected chi connectivity index (χ1v) is 11.3. The molecule has 1 aliphatic heterocycles. The Morgan fingerprint density at radius 2 is 1.75 bits per heavy atom. The van der Waals surface area contributed by atoms with Gasteiger partial charge in [0, 0.05) is 16.6 Å². The first kappa shape index (κ1) is 20.5. The van der Waals surface area contributed by atoms with Crippen molar-refractivity contribution in [2.45, 2.75) is 25.3 Å². The van der Waals surface area contributed by atoms with Gasteiger partial charge in [-0.05, 0) is 60.2 Å². The fourth-order valence-corrected chi connectivity index (χ4v) is 4.84. The highest BCUT2D eigenvalue weighted by Crippen LogP contribution is 2.44. The molecule has 0 bridgehead atoms. The van der Waals surface area contributed by atoms with Crippen LogP contribution < -0.4 is 5.32 Å². The van der Waals surface area contributed by atoms with Gasteiger partial charge >= 0.3 is 6.03 Å². The highest BCUT2D eigenvalue weighted by atomic mass is 35.5. The van der Waals surface area contributed by atoms with Crippen LogP contribution in [0.25, 0.3) is 6.08 Å².